The maximum atomic E-state index is 14.5. The summed E-state index contributed by atoms with van der Waals surface area (Å²) in [6, 6.07) is 49.3. The summed E-state index contributed by atoms with van der Waals surface area (Å²) in [6.07, 6.45) is 15.8. The zero-order valence-electron chi connectivity index (χ0n) is 65.2. The molecule has 5 aliphatic rings. The van der Waals surface area contributed by atoms with E-state index in [0.29, 0.717) is 156 Å². The number of nitrogens with two attached hydrogens (primary N) is 3. The molecule has 16 heterocycles. The SMILES string of the molecule is CC(C)(C)S(=O)N=c1c2cc(Br)ccc2oc2cnc(Cl)cc12.CCOCOc1cccnc1Br.NC1(c2ncccc2O)c2cc(Br)ccc2Oc2cnc(Cl)cc21.NC1=NC2(c3cc(-c4cccnc4F)ccc3Oc3cnc(Cl)cc32)c2ncccc2O1.NC1=NC2(c3cc(Br)ccc3Oc3cnc(Cl)cc32)c2ncccc2O1.Oc1cccnc1Br. The zero-order chi connectivity index (χ0) is 88.2. The van der Waals surface area contributed by atoms with Crippen LogP contribution in [0.5, 0.6) is 63.2 Å². The molecule has 0 aliphatic carbocycles. The minimum atomic E-state index is -1.41. The number of nitrogens with zero attached hydrogens (tertiary/aromatic N) is 13. The zero-order valence-corrected chi connectivity index (χ0v) is 76.9. The van der Waals surface area contributed by atoms with E-state index in [0.717, 1.165) is 24.4 Å². The maximum Gasteiger partial charge on any atom is 0.289 e. The summed E-state index contributed by atoms with van der Waals surface area (Å²) >= 11 is 41.3. The summed E-state index contributed by atoms with van der Waals surface area (Å²) in [5.74, 6) is 4.45. The lowest BCUT2D eigenvalue weighted by Crippen LogP contribution is -2.42. The Balaban J connectivity index is 0.000000121. The number of aliphatic imine (C=N–C) groups is 2. The Kier molecular flexibility index (Phi) is 26.6. The third-order valence-electron chi connectivity index (χ3n) is 19.0. The van der Waals surface area contributed by atoms with Crippen molar-refractivity contribution in [3.8, 4) is 74.4 Å². The molecule has 0 saturated heterocycles. The van der Waals surface area contributed by atoms with Gasteiger partial charge in [-0.2, -0.15) is 8.79 Å². The Labute approximate surface area is 775 Å². The van der Waals surface area contributed by atoms with Gasteiger partial charge >= 0.3 is 0 Å². The van der Waals surface area contributed by atoms with Crippen molar-refractivity contribution in [2.75, 3.05) is 13.4 Å². The van der Waals surface area contributed by atoms with Gasteiger partial charge in [-0.15, -0.1) is 0 Å². The number of rotatable bonds is 7. The molecule has 0 saturated carbocycles. The number of ether oxygens (including phenoxy) is 7. The van der Waals surface area contributed by atoms with E-state index in [1.54, 1.807) is 153 Å². The fraction of sp³-hybridized carbons (Fsp3) is 0.115. The van der Waals surface area contributed by atoms with Crippen LogP contribution in [0.4, 0.5) is 4.39 Å². The first-order valence-corrected chi connectivity index (χ1v) is 43.7. The van der Waals surface area contributed by atoms with Crippen LogP contribution >= 0.6 is 126 Å². The predicted molar refractivity (Wildman–Crippen MR) is 489 cm³/mol. The quantitative estimate of drug-likeness (QED) is 0.0428. The number of hydrogen-bond donors (Lipinski definition) is 5. The number of fused-ring (bicyclic) bond motifs is 16. The molecule has 4 aromatic carbocycles. The number of halogens is 10. The van der Waals surface area contributed by atoms with E-state index in [-0.39, 0.29) is 40.6 Å². The van der Waals surface area contributed by atoms with Crippen molar-refractivity contribution < 1.29 is 56.4 Å². The topological polar surface area (TPSA) is 379 Å². The van der Waals surface area contributed by atoms with Crippen molar-refractivity contribution >= 4 is 171 Å². The van der Waals surface area contributed by atoms with Gasteiger partial charge in [-0.05, 0) is 229 Å². The van der Waals surface area contributed by atoms with Crippen molar-refractivity contribution in [2.24, 2.45) is 31.6 Å². The highest BCUT2D eigenvalue weighted by atomic mass is 79.9. The molecule has 0 amide bonds. The predicted octanol–water partition coefficient (Wildman–Crippen LogP) is 20.9. The summed E-state index contributed by atoms with van der Waals surface area (Å²) in [7, 11) is -1.41. The van der Waals surface area contributed by atoms with Crippen molar-refractivity contribution in [1.82, 2.24) is 49.8 Å². The highest BCUT2D eigenvalue weighted by Gasteiger charge is 2.52. The van der Waals surface area contributed by atoms with Gasteiger partial charge in [-0.1, -0.05) is 100 Å². The molecule has 27 nitrogen and oxygen atoms in total. The number of aromatic nitrogens is 10. The molecule has 15 aromatic rings. The Morgan fingerprint density at radius 1 is 0.472 bits per heavy atom. The smallest absolute Gasteiger partial charge is 0.289 e. The summed E-state index contributed by atoms with van der Waals surface area (Å²) in [5, 5.41) is 22.4. The van der Waals surface area contributed by atoms with Crippen LogP contribution in [0.3, 0.4) is 0 Å². The number of amidine groups is 2. The fourth-order valence-corrected chi connectivity index (χ4v) is 16.6. The largest absolute Gasteiger partial charge is 0.506 e. The maximum absolute atomic E-state index is 14.5. The minimum Gasteiger partial charge on any atom is -0.506 e. The first-order chi connectivity index (χ1) is 60.0. The second-order valence-corrected chi connectivity index (χ2v) is 35.7. The van der Waals surface area contributed by atoms with Crippen molar-refractivity contribution in [2.45, 2.75) is 49.1 Å². The average Bonchev–Trinajstić information content (AvgIpc) is 0.704. The molecule has 0 bridgehead atoms. The molecule has 2 spiro atoms. The second kappa shape index (κ2) is 37.5. The Morgan fingerprint density at radius 2 is 0.920 bits per heavy atom. The van der Waals surface area contributed by atoms with E-state index in [2.05, 4.69) is 134 Å². The van der Waals surface area contributed by atoms with Gasteiger partial charge < -0.3 is 65.0 Å². The lowest BCUT2D eigenvalue weighted by Gasteiger charge is -2.39. The number of pyridine rings is 10. The molecule has 4 unspecified atom stereocenters. The lowest BCUT2D eigenvalue weighted by atomic mass is 9.76. The average molecular weight is 2100 g/mol. The van der Waals surface area contributed by atoms with Gasteiger partial charge in [0.15, 0.2) is 58.0 Å². The molecule has 0 radical (unpaired) electrons. The van der Waals surface area contributed by atoms with E-state index in [1.165, 1.54) is 18.6 Å². The monoisotopic (exact) mass is 2090 g/mol. The van der Waals surface area contributed by atoms with Gasteiger partial charge in [0.1, 0.15) is 97.8 Å². The third kappa shape index (κ3) is 18.5. The van der Waals surface area contributed by atoms with Gasteiger partial charge in [0.2, 0.25) is 5.95 Å². The summed E-state index contributed by atoms with van der Waals surface area (Å²) in [5.41, 5.74) is 23.0. The second-order valence-electron chi connectivity index (χ2n) is 28.0. The van der Waals surface area contributed by atoms with Crippen LogP contribution in [-0.2, 0) is 32.3 Å². The normalized spacial score (nSPS) is 16.4. The van der Waals surface area contributed by atoms with E-state index in [9.17, 15) is 13.7 Å². The molecule has 632 valence electrons. The molecule has 38 heteroatoms. The van der Waals surface area contributed by atoms with Crippen LogP contribution < -0.4 is 51.0 Å². The summed E-state index contributed by atoms with van der Waals surface area (Å²) < 4.78 is 80.3. The Bertz CT molecular complexity index is 6710. The van der Waals surface area contributed by atoms with E-state index in [4.69, 9.17) is 116 Å². The van der Waals surface area contributed by atoms with Gasteiger partial charge in [0.25, 0.3) is 12.0 Å². The van der Waals surface area contributed by atoms with E-state index in [1.807, 2.05) is 88.4 Å². The molecule has 0 fully saturated rings. The van der Waals surface area contributed by atoms with E-state index < -0.39 is 38.3 Å². The molecule has 11 aromatic heterocycles. The summed E-state index contributed by atoms with van der Waals surface area (Å²) in [6.45, 7) is 8.48. The van der Waals surface area contributed by atoms with Crippen molar-refractivity contribution in [3.63, 3.8) is 0 Å². The first-order valence-electron chi connectivity index (χ1n) is 37.1. The van der Waals surface area contributed by atoms with Gasteiger partial charge in [-0.25, -0.2) is 49.1 Å². The standard InChI is InChI=1S/C23H13ClFN5O2.C18H10BrClN4O2.C17H11BrClN3O2.C16H14BrClN2O2S.C8H10BrNO2.C5H4BrNO/c24-19-10-15-18(11-29-19)31-16-6-5-12(13-3-1-8-28-21(13)25)9-14(16)23(15)20-17(4-2-7-27-20)32-22(26)30-23;19-9-3-4-12-10(6-9)18(11-7-15(20)23-8-14(11)25-12)16-13(2-1-5-22-16)26-17(21)24-18;18-9-3-4-13-10(6-9)17(20,16-12(23)2-1-5-21-16)11-7-15(19)22-8-14(11)24-13;1-16(2,3)23(21)20-15-10-6-9(17)4-5-12(10)22-13-8-19-14(18)7-11(13)15;1-2-11-6-12-7-4-3-5-10-8(7)9;6-5-4(8)2-1-3-7-5/h1-11H,(H2,26,30);1-8H,(H2,21,24);1-8,23H,20H2;4-8H,1-3H3;3-5H,2,6H2,1H3;1-3,8H. The van der Waals surface area contributed by atoms with Crippen LogP contribution in [0.2, 0.25) is 20.6 Å². The van der Waals surface area contributed by atoms with E-state index >= 15 is 0 Å². The molecule has 4 atom stereocenters. The Hall–Kier alpha value is -11.3. The highest BCUT2D eigenvalue weighted by molar-refractivity contribution is 9.11. The molecular weight excluding hydrogens is 2040 g/mol. The first kappa shape index (κ1) is 88.6. The summed E-state index contributed by atoms with van der Waals surface area (Å²) in [4.78, 5) is 50.8. The van der Waals surface area contributed by atoms with Crippen LogP contribution in [0.1, 0.15) is 78.2 Å². The molecule has 125 heavy (non-hydrogen) atoms. The highest BCUT2D eigenvalue weighted by Crippen LogP contribution is 2.59. The van der Waals surface area contributed by atoms with Gasteiger partial charge in [-0.3, -0.25) is 15.0 Å². The molecule has 5 aliphatic heterocycles. The van der Waals surface area contributed by atoms with Crippen LogP contribution in [-0.4, -0.2) is 94.5 Å². The molecule has 8 N–H and O–H groups in total. The minimum absolute atomic E-state index is 0.00768. The number of benzene rings is 4. The fourth-order valence-electron chi connectivity index (χ4n) is 13.6. The van der Waals surface area contributed by atoms with Crippen LogP contribution in [0, 0.1) is 5.95 Å². The number of hydrogen-bond acceptors (Lipinski definition) is 26. The van der Waals surface area contributed by atoms with Gasteiger partial charge in [0.05, 0.1) is 34.9 Å². The van der Waals surface area contributed by atoms with Crippen molar-refractivity contribution in [1.29, 1.82) is 0 Å². The van der Waals surface area contributed by atoms with Crippen LogP contribution in [0.25, 0.3) is 33.1 Å². The number of aromatic hydroxyl groups is 2. The van der Waals surface area contributed by atoms with Gasteiger partial charge in [0, 0.05) is 107 Å². The Morgan fingerprint density at radius 3 is 1.47 bits per heavy atom. The third-order valence-corrected chi connectivity index (χ3v) is 24.0. The van der Waals surface area contributed by atoms with Crippen LogP contribution in [0.15, 0.2) is 273 Å². The van der Waals surface area contributed by atoms with Crippen molar-refractivity contribution in [3.05, 3.63) is 337 Å². The lowest BCUT2D eigenvalue weighted by molar-refractivity contribution is 0.0217. The molecule has 20 rings (SSSR count). The molecular formula is C87H62Br5Cl4FN16O11S.